The summed E-state index contributed by atoms with van der Waals surface area (Å²) in [6, 6.07) is 2.33. The third-order valence-electron chi connectivity index (χ3n) is 2.75. The van der Waals surface area contributed by atoms with E-state index in [-0.39, 0.29) is 26.3 Å². The van der Waals surface area contributed by atoms with Crippen LogP contribution in [-0.4, -0.2) is 25.7 Å². The monoisotopic (exact) mass is 342 g/mol. The van der Waals surface area contributed by atoms with Crippen molar-refractivity contribution in [3.63, 3.8) is 0 Å². The maximum atomic E-state index is 11.2. The Balaban J connectivity index is 2.52. The van der Waals surface area contributed by atoms with E-state index in [9.17, 15) is 14.9 Å². The molecule has 0 fully saturated rings. The summed E-state index contributed by atoms with van der Waals surface area (Å²) in [5.41, 5.74) is 4.72. The SMILES string of the molecule is CCc1nnc(Sc2c(Cl)cc(C(N)=O)cc2[N+](=O)[O-])n1N. The lowest BCUT2D eigenvalue weighted by atomic mass is 10.2. The van der Waals surface area contributed by atoms with Gasteiger partial charge in [0.1, 0.15) is 4.90 Å². The van der Waals surface area contributed by atoms with Crippen molar-refractivity contribution in [2.75, 3.05) is 5.84 Å². The molecule has 22 heavy (non-hydrogen) atoms. The zero-order valence-electron chi connectivity index (χ0n) is 11.3. The summed E-state index contributed by atoms with van der Waals surface area (Å²) in [6.07, 6.45) is 0.556. The highest BCUT2D eigenvalue weighted by molar-refractivity contribution is 7.99. The van der Waals surface area contributed by atoms with Crippen molar-refractivity contribution in [3.8, 4) is 0 Å². The molecule has 0 aliphatic heterocycles. The molecule has 0 atom stereocenters. The first-order valence-corrected chi connectivity index (χ1v) is 7.19. The predicted octanol–water partition coefficient (Wildman–Crippen LogP) is 1.37. The molecule has 0 aliphatic rings. The van der Waals surface area contributed by atoms with E-state index >= 15 is 0 Å². The number of nitro benzene ring substituents is 1. The van der Waals surface area contributed by atoms with E-state index in [1.807, 2.05) is 6.92 Å². The Kier molecular flexibility index (Phi) is 4.52. The Morgan fingerprint density at radius 1 is 1.50 bits per heavy atom. The molecule has 1 heterocycles. The Hall–Kier alpha value is -2.33. The van der Waals surface area contributed by atoms with Crippen LogP contribution in [0.3, 0.4) is 0 Å². The quantitative estimate of drug-likeness (QED) is 0.474. The number of carbonyl (C=O) groups is 1. The normalized spacial score (nSPS) is 10.6. The van der Waals surface area contributed by atoms with Gasteiger partial charge in [0.25, 0.3) is 5.69 Å². The van der Waals surface area contributed by atoms with Crippen LogP contribution in [0.5, 0.6) is 0 Å². The molecular formula is C11H11ClN6O3S. The first kappa shape index (κ1) is 16.0. The lowest BCUT2D eigenvalue weighted by molar-refractivity contribution is -0.387. The number of benzene rings is 1. The molecule has 116 valence electrons. The average Bonchev–Trinajstić information content (AvgIpc) is 2.80. The van der Waals surface area contributed by atoms with Gasteiger partial charge in [0.15, 0.2) is 5.82 Å². The second kappa shape index (κ2) is 6.20. The van der Waals surface area contributed by atoms with E-state index < -0.39 is 10.8 Å². The van der Waals surface area contributed by atoms with Crippen LogP contribution in [0, 0.1) is 10.1 Å². The van der Waals surface area contributed by atoms with Crippen molar-refractivity contribution in [2.45, 2.75) is 23.4 Å². The topological polar surface area (TPSA) is 143 Å². The van der Waals surface area contributed by atoms with Crippen molar-refractivity contribution in [3.05, 3.63) is 38.7 Å². The van der Waals surface area contributed by atoms with E-state index in [2.05, 4.69) is 10.2 Å². The predicted molar refractivity (Wildman–Crippen MR) is 80.3 cm³/mol. The van der Waals surface area contributed by atoms with Crippen LogP contribution in [0.25, 0.3) is 0 Å². The number of carbonyl (C=O) groups excluding carboxylic acids is 1. The highest BCUT2D eigenvalue weighted by Gasteiger charge is 2.24. The van der Waals surface area contributed by atoms with Crippen LogP contribution < -0.4 is 11.6 Å². The molecule has 0 bridgehead atoms. The highest BCUT2D eigenvalue weighted by Crippen LogP contribution is 2.39. The van der Waals surface area contributed by atoms with Crippen LogP contribution in [0.15, 0.2) is 22.2 Å². The van der Waals surface area contributed by atoms with Crippen molar-refractivity contribution < 1.29 is 9.72 Å². The van der Waals surface area contributed by atoms with Crippen LogP contribution in [0.4, 0.5) is 5.69 Å². The molecule has 2 aromatic rings. The fraction of sp³-hybridized carbons (Fsp3) is 0.182. The third kappa shape index (κ3) is 2.97. The third-order valence-corrected chi connectivity index (χ3v) is 4.25. The molecule has 2 rings (SSSR count). The van der Waals surface area contributed by atoms with Crippen LogP contribution in [0.2, 0.25) is 5.02 Å². The van der Waals surface area contributed by atoms with Gasteiger partial charge in [-0.3, -0.25) is 14.9 Å². The number of nitrogens with zero attached hydrogens (tertiary/aromatic N) is 4. The molecule has 0 aliphatic carbocycles. The fourth-order valence-corrected chi connectivity index (χ4v) is 2.86. The zero-order valence-corrected chi connectivity index (χ0v) is 12.9. The number of nitrogens with two attached hydrogens (primary N) is 2. The number of primary amides is 1. The number of halogens is 1. The minimum atomic E-state index is -0.809. The molecule has 4 N–H and O–H groups in total. The maximum Gasteiger partial charge on any atom is 0.285 e. The molecule has 0 radical (unpaired) electrons. The first-order chi connectivity index (χ1) is 10.3. The molecule has 0 saturated heterocycles. The minimum absolute atomic E-state index is 0.00838. The fourth-order valence-electron chi connectivity index (χ4n) is 1.67. The number of aryl methyl sites for hydroxylation is 1. The van der Waals surface area contributed by atoms with Gasteiger partial charge < -0.3 is 11.6 Å². The first-order valence-electron chi connectivity index (χ1n) is 6.00. The highest BCUT2D eigenvalue weighted by atomic mass is 35.5. The summed E-state index contributed by atoms with van der Waals surface area (Å²) in [5.74, 6) is 5.51. The van der Waals surface area contributed by atoms with Crippen molar-refractivity contribution in [1.29, 1.82) is 0 Å². The van der Waals surface area contributed by atoms with Crippen molar-refractivity contribution >= 4 is 35.0 Å². The molecule has 0 saturated carbocycles. The Morgan fingerprint density at radius 2 is 2.18 bits per heavy atom. The van der Waals surface area contributed by atoms with Gasteiger partial charge in [-0.2, -0.15) is 0 Å². The van der Waals surface area contributed by atoms with E-state index in [0.717, 1.165) is 17.8 Å². The Morgan fingerprint density at radius 3 is 2.68 bits per heavy atom. The summed E-state index contributed by atoms with van der Waals surface area (Å²) in [4.78, 5) is 21.8. The summed E-state index contributed by atoms with van der Waals surface area (Å²) in [7, 11) is 0. The summed E-state index contributed by atoms with van der Waals surface area (Å²) >= 11 is 6.93. The maximum absolute atomic E-state index is 11.2. The molecule has 1 aromatic heterocycles. The molecule has 0 unspecified atom stereocenters. The van der Waals surface area contributed by atoms with Crippen LogP contribution >= 0.6 is 23.4 Å². The number of aromatic nitrogens is 3. The molecular weight excluding hydrogens is 332 g/mol. The lowest BCUT2D eigenvalue weighted by Crippen LogP contribution is -2.13. The second-order valence-electron chi connectivity index (χ2n) is 4.15. The van der Waals surface area contributed by atoms with E-state index in [0.29, 0.717) is 12.2 Å². The zero-order chi connectivity index (χ0) is 16.4. The van der Waals surface area contributed by atoms with E-state index in [1.165, 1.54) is 10.7 Å². The van der Waals surface area contributed by atoms with Gasteiger partial charge in [0, 0.05) is 18.1 Å². The van der Waals surface area contributed by atoms with Gasteiger partial charge in [-0.05, 0) is 17.8 Å². The van der Waals surface area contributed by atoms with Gasteiger partial charge in [0.05, 0.1) is 9.95 Å². The largest absolute Gasteiger partial charge is 0.366 e. The Labute approximate surface area is 133 Å². The van der Waals surface area contributed by atoms with Crippen LogP contribution in [-0.2, 0) is 6.42 Å². The van der Waals surface area contributed by atoms with Crippen molar-refractivity contribution in [2.24, 2.45) is 5.73 Å². The van der Waals surface area contributed by atoms with E-state index in [4.69, 9.17) is 23.2 Å². The Bertz CT molecular complexity index is 763. The number of nitro groups is 1. The number of rotatable bonds is 5. The average molecular weight is 343 g/mol. The summed E-state index contributed by atoms with van der Waals surface area (Å²) in [5, 5.41) is 19.2. The summed E-state index contributed by atoms with van der Waals surface area (Å²) in [6.45, 7) is 1.85. The molecule has 9 nitrogen and oxygen atoms in total. The smallest absolute Gasteiger partial charge is 0.285 e. The van der Waals surface area contributed by atoms with Crippen molar-refractivity contribution in [1.82, 2.24) is 14.9 Å². The lowest BCUT2D eigenvalue weighted by Gasteiger charge is -2.07. The molecule has 1 amide bonds. The van der Waals surface area contributed by atoms with Gasteiger partial charge >= 0.3 is 0 Å². The number of nitrogen functional groups attached to an aromatic ring is 1. The van der Waals surface area contributed by atoms with Crippen LogP contribution in [0.1, 0.15) is 23.1 Å². The number of hydrogen-bond donors (Lipinski definition) is 2. The number of hydrogen-bond acceptors (Lipinski definition) is 7. The molecule has 0 spiro atoms. The number of amides is 1. The molecule has 11 heteroatoms. The van der Waals surface area contributed by atoms with E-state index in [1.54, 1.807) is 0 Å². The second-order valence-corrected chi connectivity index (χ2v) is 5.54. The van der Waals surface area contributed by atoms with Gasteiger partial charge in [-0.15, -0.1) is 10.2 Å². The van der Waals surface area contributed by atoms with Gasteiger partial charge in [0.2, 0.25) is 11.1 Å². The van der Waals surface area contributed by atoms with Gasteiger partial charge in [-0.25, -0.2) is 4.68 Å². The minimum Gasteiger partial charge on any atom is -0.366 e. The standard InChI is InChI=1S/C11H11ClN6O3S/c1-2-8-15-16-11(17(8)14)22-9-6(12)3-5(10(13)19)4-7(9)18(20)21/h3-4H,2,14H2,1H3,(H2,13,19). The van der Waals surface area contributed by atoms with Gasteiger partial charge in [-0.1, -0.05) is 18.5 Å². The summed E-state index contributed by atoms with van der Waals surface area (Å²) < 4.78 is 1.23. The molecule has 1 aromatic carbocycles.